The van der Waals surface area contributed by atoms with Gasteiger partial charge in [0.05, 0.1) is 13.4 Å². The average molecular weight is 169 g/mol. The van der Waals surface area contributed by atoms with Gasteiger partial charge in [-0.2, -0.15) is 0 Å². The van der Waals surface area contributed by atoms with Crippen LogP contribution >= 0.6 is 0 Å². The van der Waals surface area contributed by atoms with Gasteiger partial charge in [0.15, 0.2) is 0 Å². The van der Waals surface area contributed by atoms with Crippen LogP contribution in [0.3, 0.4) is 0 Å². The van der Waals surface area contributed by atoms with Gasteiger partial charge < -0.3 is 9.47 Å². The second-order valence-electron chi connectivity index (χ2n) is 2.55. The number of hydrogen-bond donors (Lipinski definition) is 0. The molecule has 0 aromatic heterocycles. The Kier molecular flexibility index (Phi) is 0.996. The standard InChI is InChI=1S/C10H12O2/c1-8-3-2-4-9(5-8)11-6-10-7-12-10/h2-5,10H,6-7H2,1H3/i6D2,7D2,10D. The highest BCUT2D eigenvalue weighted by atomic mass is 16.6. The second kappa shape index (κ2) is 3.15. The molecule has 64 valence electrons. The van der Waals surface area contributed by atoms with Crippen LogP contribution in [-0.2, 0) is 4.74 Å². The SMILES string of the molecule is [2H]C([2H])(Oc1cccc(C)c1)C1([2H])OC1([2H])[2H]. The van der Waals surface area contributed by atoms with Crippen molar-refractivity contribution in [1.29, 1.82) is 0 Å². The minimum atomic E-state index is -2.55. The van der Waals surface area contributed by atoms with Crippen LogP contribution < -0.4 is 4.74 Å². The molecular weight excluding hydrogens is 152 g/mol. The van der Waals surface area contributed by atoms with E-state index in [1.165, 1.54) is 0 Å². The first-order valence-corrected chi connectivity index (χ1v) is 3.64. The fraction of sp³-hybridized carbons (Fsp3) is 0.400. The maximum atomic E-state index is 7.60. The molecule has 1 heterocycles. The van der Waals surface area contributed by atoms with Crippen molar-refractivity contribution in [3.05, 3.63) is 29.8 Å². The maximum absolute atomic E-state index is 7.60. The fourth-order valence-corrected chi connectivity index (χ4v) is 0.851. The van der Waals surface area contributed by atoms with E-state index >= 15 is 0 Å². The predicted molar refractivity (Wildman–Crippen MR) is 46.4 cm³/mol. The fourth-order valence-electron chi connectivity index (χ4n) is 0.851. The first-order chi connectivity index (χ1) is 7.68. The summed E-state index contributed by atoms with van der Waals surface area (Å²) >= 11 is 0. The molecule has 12 heavy (non-hydrogen) atoms. The highest BCUT2D eigenvalue weighted by Gasteiger charge is 2.22. The van der Waals surface area contributed by atoms with Crippen LogP contribution in [0, 0.1) is 6.92 Å². The summed E-state index contributed by atoms with van der Waals surface area (Å²) in [6.07, 6.45) is -2.32. The maximum Gasteiger partial charge on any atom is 0.119 e. The van der Waals surface area contributed by atoms with Crippen molar-refractivity contribution in [1.82, 2.24) is 0 Å². The number of epoxide rings is 1. The lowest BCUT2D eigenvalue weighted by Crippen LogP contribution is -2.03. The van der Waals surface area contributed by atoms with Crippen molar-refractivity contribution < 1.29 is 16.3 Å². The largest absolute Gasteiger partial charge is 0.491 e. The summed E-state index contributed by atoms with van der Waals surface area (Å²) < 4.78 is 46.6. The smallest absolute Gasteiger partial charge is 0.119 e. The Hall–Kier alpha value is -1.02. The molecule has 1 aromatic rings. The molecule has 1 saturated heterocycles. The number of aryl methyl sites for hydroxylation is 1. The molecule has 1 aliphatic heterocycles. The van der Waals surface area contributed by atoms with E-state index in [1.807, 2.05) is 13.0 Å². The van der Waals surface area contributed by atoms with Crippen LogP contribution in [0.15, 0.2) is 24.3 Å². The number of hydrogen-bond acceptors (Lipinski definition) is 2. The predicted octanol–water partition coefficient (Wildman–Crippen LogP) is 1.77. The summed E-state index contributed by atoms with van der Waals surface area (Å²) in [6, 6.07) is 6.68. The van der Waals surface area contributed by atoms with Gasteiger partial charge in [0.2, 0.25) is 0 Å². The van der Waals surface area contributed by atoms with Gasteiger partial charge in [-0.1, -0.05) is 12.1 Å². The van der Waals surface area contributed by atoms with Crippen molar-refractivity contribution in [2.24, 2.45) is 0 Å². The summed E-state index contributed by atoms with van der Waals surface area (Å²) in [5.74, 6) is 0.243. The molecule has 2 heteroatoms. The van der Waals surface area contributed by atoms with Gasteiger partial charge >= 0.3 is 0 Å². The van der Waals surface area contributed by atoms with Crippen LogP contribution in [-0.4, -0.2) is 19.2 Å². The Labute approximate surface area is 79.1 Å². The third-order valence-electron chi connectivity index (χ3n) is 1.46. The molecule has 0 radical (unpaired) electrons. The summed E-state index contributed by atoms with van der Waals surface area (Å²) in [5, 5.41) is 0. The Balaban J connectivity index is 2.19. The summed E-state index contributed by atoms with van der Waals surface area (Å²) in [5.41, 5.74) is 0.886. The first-order valence-electron chi connectivity index (χ1n) is 6.14. The molecule has 0 aliphatic carbocycles. The lowest BCUT2D eigenvalue weighted by Gasteiger charge is -2.03. The van der Waals surface area contributed by atoms with E-state index in [9.17, 15) is 0 Å². The Morgan fingerprint density at radius 2 is 2.75 bits per heavy atom. The Bertz CT molecular complexity index is 448. The highest BCUT2D eigenvalue weighted by molar-refractivity contribution is 5.27. The molecule has 1 aliphatic rings. The molecule has 1 fully saturated rings. The van der Waals surface area contributed by atoms with Crippen molar-refractivity contribution in [2.75, 3.05) is 13.1 Å². The van der Waals surface area contributed by atoms with Gasteiger partial charge in [-0.25, -0.2) is 0 Å². The van der Waals surface area contributed by atoms with E-state index < -0.39 is 19.2 Å². The van der Waals surface area contributed by atoms with E-state index in [2.05, 4.69) is 4.74 Å². The van der Waals surface area contributed by atoms with Gasteiger partial charge in [0, 0.05) is 0 Å². The molecule has 1 aromatic carbocycles. The summed E-state index contributed by atoms with van der Waals surface area (Å²) in [4.78, 5) is 0. The van der Waals surface area contributed by atoms with Crippen molar-refractivity contribution in [3.63, 3.8) is 0 Å². The van der Waals surface area contributed by atoms with Crippen LogP contribution in [0.1, 0.15) is 12.4 Å². The number of ether oxygens (including phenoxy) is 2. The first kappa shape index (κ1) is 3.79. The molecule has 0 bridgehead atoms. The van der Waals surface area contributed by atoms with Gasteiger partial charge in [-0.3, -0.25) is 0 Å². The van der Waals surface area contributed by atoms with E-state index in [0.29, 0.717) is 0 Å². The van der Waals surface area contributed by atoms with Crippen molar-refractivity contribution in [3.8, 4) is 5.75 Å². The molecule has 1 unspecified atom stereocenters. The molecule has 2 rings (SSSR count). The molecular formula is C10H12O2. The van der Waals surface area contributed by atoms with Crippen LogP contribution in [0.4, 0.5) is 0 Å². The minimum absolute atomic E-state index is 0.243. The average Bonchev–Trinajstić information content (AvgIpc) is 2.67. The lowest BCUT2D eigenvalue weighted by atomic mass is 10.2. The van der Waals surface area contributed by atoms with Crippen molar-refractivity contribution >= 4 is 0 Å². The van der Waals surface area contributed by atoms with Gasteiger partial charge in [-0.05, 0) is 24.6 Å². The Morgan fingerprint density at radius 1 is 1.92 bits per heavy atom. The normalized spacial score (nSPS) is 38.2. The molecule has 2 nitrogen and oxygen atoms in total. The third-order valence-corrected chi connectivity index (χ3v) is 1.46. The van der Waals surface area contributed by atoms with E-state index in [0.717, 1.165) is 5.56 Å². The Morgan fingerprint density at radius 3 is 3.42 bits per heavy atom. The quantitative estimate of drug-likeness (QED) is 0.643. The zero-order chi connectivity index (χ0) is 12.9. The highest BCUT2D eigenvalue weighted by Crippen LogP contribution is 2.15. The van der Waals surface area contributed by atoms with Crippen LogP contribution in [0.25, 0.3) is 0 Å². The summed E-state index contributed by atoms with van der Waals surface area (Å²) in [7, 11) is 0. The molecule has 0 spiro atoms. The second-order valence-corrected chi connectivity index (χ2v) is 2.55. The number of benzene rings is 1. The molecule has 0 amide bonds. The molecule has 0 N–H and O–H groups in total. The van der Waals surface area contributed by atoms with Gasteiger partial charge in [0.25, 0.3) is 0 Å². The van der Waals surface area contributed by atoms with Gasteiger partial charge in [-0.15, -0.1) is 0 Å². The topological polar surface area (TPSA) is 21.8 Å². The number of rotatable bonds is 3. The van der Waals surface area contributed by atoms with Crippen LogP contribution in [0.5, 0.6) is 5.75 Å². The minimum Gasteiger partial charge on any atom is -0.491 e. The zero-order valence-electron chi connectivity index (χ0n) is 11.6. The lowest BCUT2D eigenvalue weighted by molar-refractivity contribution is 0.263. The van der Waals surface area contributed by atoms with E-state index in [-0.39, 0.29) is 5.75 Å². The van der Waals surface area contributed by atoms with Gasteiger partial charge in [0.1, 0.15) is 18.4 Å². The van der Waals surface area contributed by atoms with E-state index in [4.69, 9.17) is 11.6 Å². The zero-order valence-corrected chi connectivity index (χ0v) is 6.63. The monoisotopic (exact) mass is 169 g/mol. The third kappa shape index (κ3) is 1.98. The van der Waals surface area contributed by atoms with Crippen molar-refractivity contribution in [2.45, 2.75) is 13.0 Å². The molecule has 0 saturated carbocycles. The molecule has 1 atom stereocenters. The van der Waals surface area contributed by atoms with E-state index in [1.54, 1.807) is 18.2 Å². The summed E-state index contributed by atoms with van der Waals surface area (Å²) in [6.45, 7) is -3.05. The van der Waals surface area contributed by atoms with Crippen LogP contribution in [0.2, 0.25) is 0 Å².